The number of furan rings is 1. The third-order valence-electron chi connectivity index (χ3n) is 2.71. The number of hydrogen-bond donors (Lipinski definition) is 1. The number of unbranched alkanes of at least 4 members (excludes halogenated alkanes) is 1. The van der Waals surface area contributed by atoms with Crippen molar-refractivity contribution in [2.24, 2.45) is 0 Å². The predicted octanol–water partition coefficient (Wildman–Crippen LogP) is 2.92. The van der Waals surface area contributed by atoms with Crippen LogP contribution in [0.5, 0.6) is 0 Å². The Hall–Kier alpha value is -1.45. The maximum Gasteiger partial charge on any atom is 0.303 e. The second-order valence-corrected chi connectivity index (χ2v) is 4.07. The fourth-order valence-electron chi connectivity index (χ4n) is 1.67. The van der Waals surface area contributed by atoms with Crippen molar-refractivity contribution in [1.82, 2.24) is 0 Å². The number of aryl methyl sites for hydroxylation is 1. The minimum atomic E-state index is -0.790. The van der Waals surface area contributed by atoms with E-state index in [0.717, 1.165) is 37.6 Å². The zero-order valence-corrected chi connectivity index (χ0v) is 10.6. The molecule has 0 aromatic carbocycles. The van der Waals surface area contributed by atoms with Crippen LogP contribution in [0.2, 0.25) is 0 Å². The van der Waals surface area contributed by atoms with Gasteiger partial charge in [-0.05, 0) is 19.4 Å². The molecular formula is C13H21NO3. The lowest BCUT2D eigenvalue weighted by Crippen LogP contribution is -2.23. The van der Waals surface area contributed by atoms with Gasteiger partial charge in [-0.25, -0.2) is 0 Å². The molecule has 0 unspecified atom stereocenters. The van der Waals surface area contributed by atoms with Crippen LogP contribution >= 0.6 is 0 Å². The van der Waals surface area contributed by atoms with Crippen molar-refractivity contribution >= 4 is 11.9 Å². The molecule has 17 heavy (non-hydrogen) atoms. The van der Waals surface area contributed by atoms with Crippen molar-refractivity contribution < 1.29 is 14.3 Å². The van der Waals surface area contributed by atoms with Crippen LogP contribution in [0.1, 0.15) is 38.9 Å². The van der Waals surface area contributed by atoms with Crippen molar-refractivity contribution in [3.05, 3.63) is 17.9 Å². The zero-order valence-electron chi connectivity index (χ0n) is 10.6. The molecule has 1 N–H and O–H groups in total. The van der Waals surface area contributed by atoms with Gasteiger partial charge in [0.05, 0.1) is 6.42 Å². The number of carboxylic acids is 1. The number of carbonyl (C=O) groups is 1. The van der Waals surface area contributed by atoms with Gasteiger partial charge in [-0.2, -0.15) is 0 Å². The van der Waals surface area contributed by atoms with E-state index >= 15 is 0 Å². The van der Waals surface area contributed by atoms with E-state index in [-0.39, 0.29) is 6.42 Å². The average molecular weight is 239 g/mol. The maximum atomic E-state index is 10.5. The molecule has 0 aliphatic rings. The molecular weight excluding hydrogens is 218 g/mol. The quantitative estimate of drug-likeness (QED) is 0.757. The van der Waals surface area contributed by atoms with Crippen LogP contribution in [0, 0.1) is 0 Å². The first kappa shape index (κ1) is 13.6. The predicted molar refractivity (Wildman–Crippen MR) is 67.5 cm³/mol. The molecule has 1 rings (SSSR count). The summed E-state index contributed by atoms with van der Waals surface area (Å²) in [6.45, 7) is 6.15. The Morgan fingerprint density at radius 1 is 1.41 bits per heavy atom. The molecule has 0 amide bonds. The van der Waals surface area contributed by atoms with Crippen LogP contribution in [-0.4, -0.2) is 24.2 Å². The Kier molecular flexibility index (Phi) is 5.60. The third-order valence-corrected chi connectivity index (χ3v) is 2.71. The smallest absolute Gasteiger partial charge is 0.303 e. The highest BCUT2D eigenvalue weighted by atomic mass is 16.4. The van der Waals surface area contributed by atoms with Gasteiger partial charge in [-0.3, -0.25) is 4.79 Å². The monoisotopic (exact) mass is 239 g/mol. The van der Waals surface area contributed by atoms with E-state index in [0.29, 0.717) is 6.42 Å². The van der Waals surface area contributed by atoms with Crippen LogP contribution < -0.4 is 4.90 Å². The Morgan fingerprint density at radius 2 is 2.18 bits per heavy atom. The normalized spacial score (nSPS) is 10.5. The van der Waals surface area contributed by atoms with Crippen LogP contribution in [0.3, 0.4) is 0 Å². The van der Waals surface area contributed by atoms with Gasteiger partial charge < -0.3 is 14.4 Å². The Balaban J connectivity index is 2.55. The van der Waals surface area contributed by atoms with E-state index in [1.807, 2.05) is 12.1 Å². The third kappa shape index (κ3) is 4.51. The number of rotatable bonds is 8. The molecule has 1 aromatic rings. The largest absolute Gasteiger partial charge is 0.481 e. The molecule has 1 heterocycles. The highest BCUT2D eigenvalue weighted by Gasteiger charge is 2.09. The van der Waals surface area contributed by atoms with Crippen LogP contribution in [0.4, 0.5) is 5.88 Å². The van der Waals surface area contributed by atoms with E-state index in [1.165, 1.54) is 0 Å². The number of anilines is 1. The lowest BCUT2D eigenvalue weighted by atomic mass is 10.2. The minimum Gasteiger partial charge on any atom is -0.481 e. The van der Waals surface area contributed by atoms with E-state index in [4.69, 9.17) is 9.52 Å². The van der Waals surface area contributed by atoms with Gasteiger partial charge in [0.1, 0.15) is 5.76 Å². The highest BCUT2D eigenvalue weighted by molar-refractivity contribution is 5.66. The van der Waals surface area contributed by atoms with Gasteiger partial charge in [0, 0.05) is 25.6 Å². The fraction of sp³-hybridized carbons (Fsp3) is 0.615. The van der Waals surface area contributed by atoms with Gasteiger partial charge >= 0.3 is 5.97 Å². The average Bonchev–Trinajstić information content (AvgIpc) is 2.76. The lowest BCUT2D eigenvalue weighted by molar-refractivity contribution is -0.137. The standard InChI is InChI=1S/C13H21NO3/c1-3-5-10-14(4-2)12-8-6-11(17-12)7-9-13(15)16/h6,8H,3-5,7,9-10H2,1-2H3,(H,15,16). The Morgan fingerprint density at radius 3 is 2.76 bits per heavy atom. The van der Waals surface area contributed by atoms with E-state index in [1.54, 1.807) is 0 Å². The first-order valence-electron chi connectivity index (χ1n) is 6.22. The maximum absolute atomic E-state index is 10.5. The SMILES string of the molecule is CCCCN(CC)c1ccc(CCC(=O)O)o1. The van der Waals surface area contributed by atoms with E-state index in [2.05, 4.69) is 18.7 Å². The summed E-state index contributed by atoms with van der Waals surface area (Å²) in [5.74, 6) is 0.806. The van der Waals surface area contributed by atoms with Gasteiger partial charge in [-0.1, -0.05) is 13.3 Å². The summed E-state index contributed by atoms with van der Waals surface area (Å²) in [6, 6.07) is 3.79. The van der Waals surface area contributed by atoms with Crippen LogP contribution in [0.15, 0.2) is 16.5 Å². The summed E-state index contributed by atoms with van der Waals surface area (Å²) in [7, 11) is 0. The topological polar surface area (TPSA) is 53.7 Å². The van der Waals surface area contributed by atoms with Crippen LogP contribution in [-0.2, 0) is 11.2 Å². The molecule has 0 saturated heterocycles. The van der Waals surface area contributed by atoms with Gasteiger partial charge in [0.2, 0.25) is 0 Å². The Labute approximate surface area is 102 Å². The molecule has 0 radical (unpaired) electrons. The Bertz CT molecular complexity index is 346. The molecule has 4 heteroatoms. The molecule has 0 bridgehead atoms. The molecule has 0 aliphatic carbocycles. The number of aliphatic carboxylic acids is 1. The van der Waals surface area contributed by atoms with Crippen LogP contribution in [0.25, 0.3) is 0 Å². The molecule has 0 fully saturated rings. The number of hydrogen-bond acceptors (Lipinski definition) is 3. The molecule has 0 atom stereocenters. The molecule has 0 spiro atoms. The summed E-state index contributed by atoms with van der Waals surface area (Å²) < 4.78 is 5.65. The molecule has 96 valence electrons. The summed E-state index contributed by atoms with van der Waals surface area (Å²) >= 11 is 0. The van der Waals surface area contributed by atoms with Crippen molar-refractivity contribution in [3.63, 3.8) is 0 Å². The van der Waals surface area contributed by atoms with Gasteiger partial charge in [0.25, 0.3) is 0 Å². The summed E-state index contributed by atoms with van der Waals surface area (Å²) in [4.78, 5) is 12.6. The van der Waals surface area contributed by atoms with E-state index < -0.39 is 5.97 Å². The summed E-state index contributed by atoms with van der Waals surface area (Å²) in [5, 5.41) is 8.60. The zero-order chi connectivity index (χ0) is 12.7. The second kappa shape index (κ2) is 6.99. The number of nitrogens with zero attached hydrogens (tertiary/aromatic N) is 1. The lowest BCUT2D eigenvalue weighted by Gasteiger charge is -2.19. The van der Waals surface area contributed by atoms with Gasteiger partial charge in [-0.15, -0.1) is 0 Å². The molecule has 4 nitrogen and oxygen atoms in total. The second-order valence-electron chi connectivity index (χ2n) is 4.07. The first-order chi connectivity index (χ1) is 8.17. The van der Waals surface area contributed by atoms with Gasteiger partial charge in [0.15, 0.2) is 5.88 Å². The molecule has 0 aliphatic heterocycles. The van der Waals surface area contributed by atoms with Crippen molar-refractivity contribution in [1.29, 1.82) is 0 Å². The fourth-order valence-corrected chi connectivity index (χ4v) is 1.67. The highest BCUT2D eigenvalue weighted by Crippen LogP contribution is 2.19. The molecule has 1 aromatic heterocycles. The van der Waals surface area contributed by atoms with E-state index in [9.17, 15) is 4.79 Å². The molecule has 0 saturated carbocycles. The van der Waals surface area contributed by atoms with Crippen molar-refractivity contribution in [2.75, 3.05) is 18.0 Å². The summed E-state index contributed by atoms with van der Waals surface area (Å²) in [6.07, 6.45) is 2.87. The first-order valence-corrected chi connectivity index (χ1v) is 6.22. The minimum absolute atomic E-state index is 0.119. The van der Waals surface area contributed by atoms with Crippen molar-refractivity contribution in [3.8, 4) is 0 Å². The number of carboxylic acid groups (broad SMARTS) is 1. The summed E-state index contributed by atoms with van der Waals surface area (Å²) in [5.41, 5.74) is 0. The van der Waals surface area contributed by atoms with Crippen molar-refractivity contribution in [2.45, 2.75) is 39.5 Å².